The first-order chi connectivity index (χ1) is 8.85. The van der Waals surface area contributed by atoms with Crippen LogP contribution in [0.5, 0.6) is 0 Å². The number of rotatable bonds is 5. The van der Waals surface area contributed by atoms with Crippen LogP contribution in [0.2, 0.25) is 0 Å². The lowest BCUT2D eigenvalue weighted by atomic mass is 9.84. The predicted molar refractivity (Wildman–Crippen MR) is 73.3 cm³/mol. The van der Waals surface area contributed by atoms with E-state index in [2.05, 4.69) is 29.6 Å². The number of nitrogens with one attached hydrogen (secondary N) is 1. The van der Waals surface area contributed by atoms with Crippen LogP contribution < -0.4 is 5.32 Å². The summed E-state index contributed by atoms with van der Waals surface area (Å²) in [7, 11) is 0. The molecule has 0 radical (unpaired) electrons. The fourth-order valence-corrected chi connectivity index (χ4v) is 3.45. The minimum Gasteiger partial charge on any atom is -0.394 e. The third-order valence-corrected chi connectivity index (χ3v) is 4.63. The van der Waals surface area contributed by atoms with Gasteiger partial charge in [-0.25, -0.2) is 0 Å². The van der Waals surface area contributed by atoms with Gasteiger partial charge >= 0.3 is 0 Å². The van der Waals surface area contributed by atoms with Gasteiger partial charge in [0.05, 0.1) is 12.1 Å². The van der Waals surface area contributed by atoms with Gasteiger partial charge < -0.3 is 10.4 Å². The molecule has 0 heterocycles. The van der Waals surface area contributed by atoms with Crippen LogP contribution in [0.4, 0.5) is 0 Å². The summed E-state index contributed by atoms with van der Waals surface area (Å²) in [5, 5.41) is 13.8. The minimum atomic E-state index is -0.184. The van der Waals surface area contributed by atoms with Gasteiger partial charge in [-0.15, -0.1) is 0 Å². The largest absolute Gasteiger partial charge is 0.394 e. The normalized spacial score (nSPS) is 24.1. The van der Waals surface area contributed by atoms with Crippen molar-refractivity contribution in [2.75, 3.05) is 6.61 Å². The first kappa shape index (κ1) is 12.2. The highest BCUT2D eigenvalue weighted by molar-refractivity contribution is 5.28. The molecule has 1 unspecified atom stereocenters. The number of benzene rings is 1. The molecule has 2 nitrogen and oxygen atoms in total. The fraction of sp³-hybridized carbons (Fsp3) is 0.625. The molecule has 3 rings (SSSR count). The van der Waals surface area contributed by atoms with E-state index in [1.165, 1.54) is 44.1 Å². The van der Waals surface area contributed by atoms with Gasteiger partial charge in [-0.1, -0.05) is 43.2 Å². The van der Waals surface area contributed by atoms with Crippen molar-refractivity contribution in [3.63, 3.8) is 0 Å². The molecule has 0 aliphatic heterocycles. The fourth-order valence-electron chi connectivity index (χ4n) is 3.45. The van der Waals surface area contributed by atoms with E-state index in [0.717, 1.165) is 0 Å². The average Bonchev–Trinajstić information content (AvgIpc) is 3.16. The molecule has 2 aliphatic carbocycles. The van der Waals surface area contributed by atoms with Crippen molar-refractivity contribution < 1.29 is 5.11 Å². The van der Waals surface area contributed by atoms with Crippen molar-refractivity contribution in [3.8, 4) is 0 Å². The number of hydrogen-bond donors (Lipinski definition) is 2. The van der Waals surface area contributed by atoms with Crippen LogP contribution in [-0.4, -0.2) is 17.8 Å². The van der Waals surface area contributed by atoms with E-state index < -0.39 is 0 Å². The maximum absolute atomic E-state index is 10.0. The standard InChI is InChI=1S/C16H23NO/c18-12-16(14-10-11-14,13-6-2-1-3-7-13)17-15-8-4-5-9-15/h1-3,6-7,14-15,17-18H,4-5,8-12H2. The van der Waals surface area contributed by atoms with E-state index >= 15 is 0 Å². The highest BCUT2D eigenvalue weighted by Gasteiger charge is 2.47. The van der Waals surface area contributed by atoms with E-state index in [9.17, 15) is 5.11 Å². The number of hydrogen-bond acceptors (Lipinski definition) is 2. The minimum absolute atomic E-state index is 0.184. The van der Waals surface area contributed by atoms with Crippen LogP contribution in [0.1, 0.15) is 44.1 Å². The second-order valence-corrected chi connectivity index (χ2v) is 5.90. The molecule has 2 N–H and O–H groups in total. The Morgan fingerprint density at radius 3 is 2.28 bits per heavy atom. The molecule has 0 aromatic heterocycles. The number of aliphatic hydroxyl groups is 1. The summed E-state index contributed by atoms with van der Waals surface area (Å²) in [5.41, 5.74) is 1.08. The quantitative estimate of drug-likeness (QED) is 0.836. The van der Waals surface area contributed by atoms with Gasteiger partial charge in [0.15, 0.2) is 0 Å². The molecule has 2 saturated carbocycles. The van der Waals surface area contributed by atoms with E-state index in [4.69, 9.17) is 0 Å². The van der Waals surface area contributed by atoms with Crippen LogP contribution >= 0.6 is 0 Å². The molecule has 0 spiro atoms. The molecule has 18 heavy (non-hydrogen) atoms. The van der Waals surface area contributed by atoms with E-state index in [1.807, 2.05) is 6.07 Å². The van der Waals surface area contributed by atoms with E-state index in [1.54, 1.807) is 0 Å². The van der Waals surface area contributed by atoms with Crippen molar-refractivity contribution in [1.29, 1.82) is 0 Å². The summed E-state index contributed by atoms with van der Waals surface area (Å²) in [6.07, 6.45) is 7.68. The monoisotopic (exact) mass is 245 g/mol. The number of aliphatic hydroxyl groups excluding tert-OH is 1. The Labute approximate surface area is 109 Å². The third-order valence-electron chi connectivity index (χ3n) is 4.63. The summed E-state index contributed by atoms with van der Waals surface area (Å²) in [6, 6.07) is 11.1. The third kappa shape index (κ3) is 2.19. The van der Waals surface area contributed by atoms with Crippen molar-refractivity contribution >= 4 is 0 Å². The molecule has 98 valence electrons. The molecule has 1 aromatic rings. The zero-order chi connectivity index (χ0) is 12.4. The van der Waals surface area contributed by atoms with Gasteiger partial charge in [0.1, 0.15) is 0 Å². The smallest absolute Gasteiger partial charge is 0.0699 e. The molecule has 0 saturated heterocycles. The van der Waals surface area contributed by atoms with Crippen LogP contribution in [0.25, 0.3) is 0 Å². The Bertz CT molecular complexity index is 381. The molecular formula is C16H23NO. The lowest BCUT2D eigenvalue weighted by molar-refractivity contribution is 0.125. The van der Waals surface area contributed by atoms with E-state index in [-0.39, 0.29) is 12.1 Å². The van der Waals surface area contributed by atoms with Gasteiger partial charge in [-0.05, 0) is 37.2 Å². The highest BCUT2D eigenvalue weighted by atomic mass is 16.3. The van der Waals surface area contributed by atoms with E-state index in [0.29, 0.717) is 12.0 Å². The average molecular weight is 245 g/mol. The van der Waals surface area contributed by atoms with Gasteiger partial charge in [0, 0.05) is 6.04 Å². The predicted octanol–water partition coefficient (Wildman–Crippen LogP) is 2.82. The first-order valence-corrected chi connectivity index (χ1v) is 7.29. The Morgan fingerprint density at radius 1 is 1.06 bits per heavy atom. The summed E-state index contributed by atoms with van der Waals surface area (Å²) in [6.45, 7) is 0.220. The Hall–Kier alpha value is -0.860. The molecule has 0 bridgehead atoms. The summed E-state index contributed by atoms with van der Waals surface area (Å²) >= 11 is 0. The van der Waals surface area contributed by atoms with Gasteiger partial charge in [0.2, 0.25) is 0 Å². The maximum Gasteiger partial charge on any atom is 0.0699 e. The van der Waals surface area contributed by atoms with Crippen LogP contribution in [0, 0.1) is 5.92 Å². The lowest BCUT2D eigenvalue weighted by Gasteiger charge is -2.37. The molecule has 2 heteroatoms. The van der Waals surface area contributed by atoms with Crippen LogP contribution in [-0.2, 0) is 5.54 Å². The van der Waals surface area contributed by atoms with Crippen molar-refractivity contribution in [3.05, 3.63) is 35.9 Å². The summed E-state index contributed by atoms with van der Waals surface area (Å²) in [5.74, 6) is 0.616. The maximum atomic E-state index is 10.0. The Morgan fingerprint density at radius 2 is 1.72 bits per heavy atom. The molecule has 1 atom stereocenters. The zero-order valence-corrected chi connectivity index (χ0v) is 10.9. The van der Waals surface area contributed by atoms with Crippen LogP contribution in [0.15, 0.2) is 30.3 Å². The van der Waals surface area contributed by atoms with Crippen LogP contribution in [0.3, 0.4) is 0 Å². The van der Waals surface area contributed by atoms with Gasteiger partial charge in [0.25, 0.3) is 0 Å². The van der Waals surface area contributed by atoms with Crippen molar-refractivity contribution in [1.82, 2.24) is 5.32 Å². The molecule has 2 fully saturated rings. The topological polar surface area (TPSA) is 32.3 Å². The summed E-state index contributed by atoms with van der Waals surface area (Å²) < 4.78 is 0. The first-order valence-electron chi connectivity index (χ1n) is 7.29. The molecule has 1 aromatic carbocycles. The molecule has 2 aliphatic rings. The zero-order valence-electron chi connectivity index (χ0n) is 10.9. The molecule has 0 amide bonds. The molecular weight excluding hydrogens is 222 g/mol. The van der Waals surface area contributed by atoms with Gasteiger partial charge in [-0.3, -0.25) is 0 Å². The lowest BCUT2D eigenvalue weighted by Crippen LogP contribution is -2.51. The highest BCUT2D eigenvalue weighted by Crippen LogP contribution is 2.46. The SMILES string of the molecule is OCC(NC1CCCC1)(c1ccccc1)C1CC1. The Kier molecular flexibility index (Phi) is 3.40. The summed E-state index contributed by atoms with van der Waals surface area (Å²) in [4.78, 5) is 0. The van der Waals surface area contributed by atoms with Gasteiger partial charge in [-0.2, -0.15) is 0 Å². The Balaban J connectivity index is 1.87. The second kappa shape index (κ2) is 5.02. The van der Waals surface area contributed by atoms with Crippen molar-refractivity contribution in [2.45, 2.75) is 50.1 Å². The van der Waals surface area contributed by atoms with Crippen molar-refractivity contribution in [2.24, 2.45) is 5.92 Å². The second-order valence-electron chi connectivity index (χ2n) is 5.90.